The molecule has 2 N–H and O–H groups in total. The van der Waals surface area contributed by atoms with E-state index in [-0.39, 0.29) is 5.54 Å². The van der Waals surface area contributed by atoms with Gasteiger partial charge in [-0.05, 0) is 19.9 Å². The van der Waals surface area contributed by atoms with E-state index in [0.717, 1.165) is 6.54 Å². The van der Waals surface area contributed by atoms with E-state index in [0.29, 0.717) is 0 Å². The van der Waals surface area contributed by atoms with Gasteiger partial charge in [-0.3, -0.25) is 4.90 Å². The van der Waals surface area contributed by atoms with Gasteiger partial charge in [0.15, 0.2) is 0 Å². The Labute approximate surface area is 74.5 Å². The van der Waals surface area contributed by atoms with Crippen molar-refractivity contribution in [1.82, 2.24) is 9.80 Å². The molecule has 1 saturated heterocycles. The Morgan fingerprint density at radius 3 is 2.25 bits per heavy atom. The summed E-state index contributed by atoms with van der Waals surface area (Å²) in [6.07, 6.45) is 2.47. The zero-order valence-electron chi connectivity index (χ0n) is 7.92. The third-order valence-corrected chi connectivity index (χ3v) is 3.03. The molecule has 0 aromatic carbocycles. The highest BCUT2D eigenvalue weighted by Crippen LogP contribution is 2.32. The van der Waals surface area contributed by atoms with Gasteiger partial charge in [0.25, 0.3) is 0 Å². The fraction of sp³-hybridized carbons (Fsp3) is 1.00. The second-order valence-electron chi connectivity index (χ2n) is 4.44. The summed E-state index contributed by atoms with van der Waals surface area (Å²) in [5.41, 5.74) is 6.26. The van der Waals surface area contributed by atoms with E-state index in [9.17, 15) is 0 Å². The monoisotopic (exact) mass is 169 g/mol. The van der Waals surface area contributed by atoms with Crippen LogP contribution in [0.4, 0.5) is 0 Å². The Balaban J connectivity index is 1.75. The van der Waals surface area contributed by atoms with Crippen LogP contribution in [0.2, 0.25) is 0 Å². The van der Waals surface area contributed by atoms with Crippen molar-refractivity contribution in [3.8, 4) is 0 Å². The van der Waals surface area contributed by atoms with Gasteiger partial charge >= 0.3 is 0 Å². The molecule has 2 rings (SSSR count). The maximum atomic E-state index is 6.06. The topological polar surface area (TPSA) is 32.5 Å². The van der Waals surface area contributed by atoms with E-state index in [1.54, 1.807) is 0 Å². The molecular formula is C9H19N3. The summed E-state index contributed by atoms with van der Waals surface area (Å²) in [4.78, 5) is 4.89. The Morgan fingerprint density at radius 1 is 1.17 bits per heavy atom. The van der Waals surface area contributed by atoms with Gasteiger partial charge in [0, 0.05) is 38.3 Å². The first kappa shape index (κ1) is 8.48. The molecule has 0 aromatic heterocycles. The summed E-state index contributed by atoms with van der Waals surface area (Å²) in [5, 5.41) is 0. The Bertz CT molecular complexity index is 157. The molecule has 0 spiro atoms. The molecule has 0 unspecified atom stereocenters. The van der Waals surface area contributed by atoms with E-state index in [4.69, 9.17) is 5.73 Å². The zero-order valence-corrected chi connectivity index (χ0v) is 7.92. The van der Waals surface area contributed by atoms with Gasteiger partial charge in [-0.15, -0.1) is 0 Å². The molecule has 0 amide bonds. The van der Waals surface area contributed by atoms with Crippen LogP contribution >= 0.6 is 0 Å². The normalized spacial score (nSPS) is 30.5. The second kappa shape index (κ2) is 2.98. The van der Waals surface area contributed by atoms with Crippen molar-refractivity contribution in [2.45, 2.75) is 18.4 Å². The molecule has 1 heterocycles. The van der Waals surface area contributed by atoms with Crippen molar-refractivity contribution < 1.29 is 0 Å². The molecule has 70 valence electrons. The molecule has 0 aromatic rings. The van der Waals surface area contributed by atoms with Crippen molar-refractivity contribution in [3.63, 3.8) is 0 Å². The van der Waals surface area contributed by atoms with Crippen LogP contribution in [0.25, 0.3) is 0 Å². The summed E-state index contributed by atoms with van der Waals surface area (Å²) in [6, 6.07) is 0. The zero-order chi connectivity index (χ0) is 8.60. The Morgan fingerprint density at radius 2 is 1.75 bits per heavy atom. The van der Waals surface area contributed by atoms with Crippen LogP contribution in [0, 0.1) is 0 Å². The molecule has 1 aliphatic carbocycles. The Hall–Kier alpha value is -0.120. The predicted molar refractivity (Wildman–Crippen MR) is 50.1 cm³/mol. The minimum Gasteiger partial charge on any atom is -0.324 e. The lowest BCUT2D eigenvalue weighted by molar-refractivity contribution is 0.144. The SMILES string of the molecule is CN1CCN(CC2(N)CC2)CC1. The fourth-order valence-corrected chi connectivity index (χ4v) is 1.77. The molecule has 2 fully saturated rings. The molecule has 0 radical (unpaired) electrons. The van der Waals surface area contributed by atoms with Crippen molar-refractivity contribution >= 4 is 0 Å². The molecular weight excluding hydrogens is 150 g/mol. The number of hydrogen-bond donors (Lipinski definition) is 1. The number of likely N-dealkylation sites (N-methyl/N-ethyl adjacent to an activating group) is 1. The maximum absolute atomic E-state index is 6.06. The smallest absolute Gasteiger partial charge is 0.0284 e. The third kappa shape index (κ3) is 1.97. The highest BCUT2D eigenvalue weighted by atomic mass is 15.3. The number of rotatable bonds is 2. The lowest BCUT2D eigenvalue weighted by Gasteiger charge is -2.33. The van der Waals surface area contributed by atoms with E-state index in [1.807, 2.05) is 0 Å². The standard InChI is InChI=1S/C9H19N3/c1-11-4-6-12(7-5-11)8-9(10)2-3-9/h2-8,10H2,1H3. The first-order valence-corrected chi connectivity index (χ1v) is 4.88. The van der Waals surface area contributed by atoms with E-state index in [2.05, 4.69) is 16.8 Å². The number of nitrogens with zero attached hydrogens (tertiary/aromatic N) is 2. The highest BCUT2D eigenvalue weighted by molar-refractivity contribution is 5.01. The second-order valence-corrected chi connectivity index (χ2v) is 4.44. The van der Waals surface area contributed by atoms with Crippen LogP contribution in [0.1, 0.15) is 12.8 Å². The van der Waals surface area contributed by atoms with Crippen LogP contribution in [-0.4, -0.2) is 55.1 Å². The van der Waals surface area contributed by atoms with E-state index >= 15 is 0 Å². The lowest BCUT2D eigenvalue weighted by atomic mass is 10.2. The minimum absolute atomic E-state index is 0.204. The summed E-state index contributed by atoms with van der Waals surface area (Å²) in [5.74, 6) is 0. The summed E-state index contributed by atoms with van der Waals surface area (Å²) < 4.78 is 0. The molecule has 2 aliphatic rings. The fourth-order valence-electron chi connectivity index (χ4n) is 1.77. The lowest BCUT2D eigenvalue weighted by Crippen LogP contribution is -2.49. The average molecular weight is 169 g/mol. The van der Waals surface area contributed by atoms with E-state index in [1.165, 1.54) is 39.0 Å². The summed E-state index contributed by atoms with van der Waals surface area (Å²) >= 11 is 0. The molecule has 12 heavy (non-hydrogen) atoms. The van der Waals surface area contributed by atoms with Crippen LogP contribution in [0.3, 0.4) is 0 Å². The molecule has 1 saturated carbocycles. The predicted octanol–water partition coefficient (Wildman–Crippen LogP) is -0.275. The van der Waals surface area contributed by atoms with Crippen LogP contribution in [-0.2, 0) is 0 Å². The van der Waals surface area contributed by atoms with Crippen LogP contribution in [0.5, 0.6) is 0 Å². The van der Waals surface area contributed by atoms with Gasteiger partial charge in [-0.2, -0.15) is 0 Å². The highest BCUT2D eigenvalue weighted by Gasteiger charge is 2.39. The van der Waals surface area contributed by atoms with Gasteiger partial charge in [0.05, 0.1) is 0 Å². The summed E-state index contributed by atoms with van der Waals surface area (Å²) in [6.45, 7) is 5.94. The largest absolute Gasteiger partial charge is 0.324 e. The van der Waals surface area contributed by atoms with Gasteiger partial charge in [-0.25, -0.2) is 0 Å². The molecule has 3 heteroatoms. The van der Waals surface area contributed by atoms with Gasteiger partial charge in [0.1, 0.15) is 0 Å². The number of nitrogens with two attached hydrogens (primary N) is 1. The van der Waals surface area contributed by atoms with Crippen molar-refractivity contribution in [2.24, 2.45) is 5.73 Å². The maximum Gasteiger partial charge on any atom is 0.0284 e. The minimum atomic E-state index is 0.204. The van der Waals surface area contributed by atoms with Gasteiger partial charge in [-0.1, -0.05) is 0 Å². The number of piperazine rings is 1. The van der Waals surface area contributed by atoms with Crippen molar-refractivity contribution in [3.05, 3.63) is 0 Å². The number of hydrogen-bond acceptors (Lipinski definition) is 3. The molecule has 0 bridgehead atoms. The average Bonchev–Trinajstić information content (AvgIpc) is 2.74. The first-order chi connectivity index (χ1) is 5.68. The van der Waals surface area contributed by atoms with Crippen molar-refractivity contribution in [1.29, 1.82) is 0 Å². The molecule has 3 nitrogen and oxygen atoms in total. The van der Waals surface area contributed by atoms with E-state index < -0.39 is 0 Å². The summed E-state index contributed by atoms with van der Waals surface area (Å²) in [7, 11) is 2.19. The van der Waals surface area contributed by atoms with Gasteiger partial charge in [0.2, 0.25) is 0 Å². The first-order valence-electron chi connectivity index (χ1n) is 4.88. The molecule has 0 atom stereocenters. The third-order valence-electron chi connectivity index (χ3n) is 3.03. The quantitative estimate of drug-likeness (QED) is 0.617. The molecule has 1 aliphatic heterocycles. The Kier molecular flexibility index (Phi) is 2.10. The van der Waals surface area contributed by atoms with Crippen molar-refractivity contribution in [2.75, 3.05) is 39.8 Å². The van der Waals surface area contributed by atoms with Crippen LogP contribution < -0.4 is 5.73 Å². The van der Waals surface area contributed by atoms with Gasteiger partial charge < -0.3 is 10.6 Å². The van der Waals surface area contributed by atoms with Crippen LogP contribution in [0.15, 0.2) is 0 Å².